The number of rotatable bonds is 5. The SMILES string of the molecule is O=C(O)[C@H]1[C@@H](c2ccccc2)[C@H](C(=O)OCC(F)(F)F)[C@@H]1c1ccccc1. The molecule has 0 aliphatic heterocycles. The number of hydrogen-bond acceptors (Lipinski definition) is 3. The summed E-state index contributed by atoms with van der Waals surface area (Å²) < 4.78 is 41.9. The van der Waals surface area contributed by atoms with Gasteiger partial charge in [0.2, 0.25) is 0 Å². The summed E-state index contributed by atoms with van der Waals surface area (Å²) in [5.74, 6) is -5.58. The van der Waals surface area contributed by atoms with E-state index >= 15 is 0 Å². The number of carboxylic acids is 1. The average molecular weight is 378 g/mol. The van der Waals surface area contributed by atoms with Crippen LogP contribution in [0.5, 0.6) is 0 Å². The van der Waals surface area contributed by atoms with Gasteiger partial charge in [0, 0.05) is 11.8 Å². The van der Waals surface area contributed by atoms with Gasteiger partial charge in [-0.25, -0.2) is 0 Å². The average Bonchev–Trinajstić information content (AvgIpc) is 2.60. The fourth-order valence-corrected chi connectivity index (χ4v) is 3.78. The minimum Gasteiger partial charge on any atom is -0.481 e. The third kappa shape index (κ3) is 3.97. The molecule has 27 heavy (non-hydrogen) atoms. The normalized spacial score (nSPS) is 24.7. The third-order valence-corrected chi connectivity index (χ3v) is 4.85. The van der Waals surface area contributed by atoms with Gasteiger partial charge >= 0.3 is 18.1 Å². The standard InChI is InChI=1S/C20H17F3O4/c21-20(22,23)11-27-19(26)17-14(12-7-3-1-4-8-12)16(18(24)25)15(17)13-9-5-2-6-10-13/h1-10,14-17H,11H2,(H,24,25)/t14-,15-,16-,17-/m1/s1. The Morgan fingerprint density at radius 2 is 1.30 bits per heavy atom. The monoisotopic (exact) mass is 378 g/mol. The zero-order chi connectivity index (χ0) is 19.6. The first-order chi connectivity index (χ1) is 12.8. The van der Waals surface area contributed by atoms with Gasteiger partial charge in [0.1, 0.15) is 0 Å². The first-order valence-corrected chi connectivity index (χ1v) is 8.35. The van der Waals surface area contributed by atoms with Crippen LogP contribution in [0.1, 0.15) is 23.0 Å². The molecule has 0 heterocycles. The summed E-state index contributed by atoms with van der Waals surface area (Å²) in [6.07, 6.45) is -4.64. The Balaban J connectivity index is 1.97. The van der Waals surface area contributed by atoms with E-state index in [1.54, 1.807) is 60.7 Å². The minimum atomic E-state index is -4.64. The van der Waals surface area contributed by atoms with Crippen LogP contribution in [0, 0.1) is 11.8 Å². The van der Waals surface area contributed by atoms with Crippen molar-refractivity contribution in [3.8, 4) is 0 Å². The zero-order valence-corrected chi connectivity index (χ0v) is 14.1. The van der Waals surface area contributed by atoms with Crippen LogP contribution in [-0.2, 0) is 14.3 Å². The molecule has 1 fully saturated rings. The number of aliphatic carboxylic acids is 1. The number of carbonyl (C=O) groups excluding carboxylic acids is 1. The Morgan fingerprint density at radius 1 is 0.852 bits per heavy atom. The Hall–Kier alpha value is -2.83. The Morgan fingerprint density at radius 3 is 1.67 bits per heavy atom. The maximum absolute atomic E-state index is 12.5. The van der Waals surface area contributed by atoms with Gasteiger partial charge in [-0.15, -0.1) is 0 Å². The number of carboxylic acid groups (broad SMARTS) is 1. The van der Waals surface area contributed by atoms with Gasteiger partial charge in [0.25, 0.3) is 0 Å². The lowest BCUT2D eigenvalue weighted by Gasteiger charge is -2.49. The van der Waals surface area contributed by atoms with Crippen LogP contribution >= 0.6 is 0 Å². The van der Waals surface area contributed by atoms with Gasteiger partial charge in [0.15, 0.2) is 6.61 Å². The molecule has 2 atom stereocenters. The van der Waals surface area contributed by atoms with E-state index in [2.05, 4.69) is 4.74 Å². The first-order valence-electron chi connectivity index (χ1n) is 8.35. The van der Waals surface area contributed by atoms with Crippen LogP contribution in [0.4, 0.5) is 13.2 Å². The maximum Gasteiger partial charge on any atom is 0.422 e. The molecule has 1 aliphatic carbocycles. The summed E-state index contributed by atoms with van der Waals surface area (Å²) in [7, 11) is 0. The largest absolute Gasteiger partial charge is 0.481 e. The predicted octanol–water partition coefficient (Wildman–Crippen LogP) is 3.99. The molecule has 0 saturated heterocycles. The second kappa shape index (κ2) is 7.42. The van der Waals surface area contributed by atoms with E-state index in [1.165, 1.54) is 0 Å². The molecule has 0 amide bonds. The van der Waals surface area contributed by atoms with Crippen molar-refractivity contribution in [2.45, 2.75) is 18.0 Å². The van der Waals surface area contributed by atoms with Gasteiger partial charge in [0.05, 0.1) is 11.8 Å². The van der Waals surface area contributed by atoms with Crippen molar-refractivity contribution in [3.05, 3.63) is 71.8 Å². The molecule has 7 heteroatoms. The van der Waals surface area contributed by atoms with Crippen LogP contribution in [0.15, 0.2) is 60.7 Å². The van der Waals surface area contributed by atoms with Crippen molar-refractivity contribution in [2.24, 2.45) is 11.8 Å². The molecule has 3 rings (SSSR count). The number of ether oxygens (including phenoxy) is 1. The molecule has 0 aromatic heterocycles. The highest BCUT2D eigenvalue weighted by molar-refractivity contribution is 5.84. The Kier molecular flexibility index (Phi) is 5.21. The van der Waals surface area contributed by atoms with Crippen LogP contribution in [-0.4, -0.2) is 29.8 Å². The number of hydrogen-bond donors (Lipinski definition) is 1. The first kappa shape index (κ1) is 18.9. The van der Waals surface area contributed by atoms with Gasteiger partial charge in [-0.3, -0.25) is 9.59 Å². The molecule has 2 aromatic carbocycles. The summed E-state index contributed by atoms with van der Waals surface area (Å²) in [6.45, 7) is -1.69. The summed E-state index contributed by atoms with van der Waals surface area (Å²) in [4.78, 5) is 24.4. The fourth-order valence-electron chi connectivity index (χ4n) is 3.78. The van der Waals surface area contributed by atoms with E-state index < -0.39 is 48.4 Å². The highest BCUT2D eigenvalue weighted by atomic mass is 19.4. The van der Waals surface area contributed by atoms with E-state index in [0.29, 0.717) is 11.1 Å². The molecule has 0 unspecified atom stereocenters. The van der Waals surface area contributed by atoms with Gasteiger partial charge in [-0.05, 0) is 11.1 Å². The van der Waals surface area contributed by atoms with Crippen LogP contribution < -0.4 is 0 Å². The highest BCUT2D eigenvalue weighted by Crippen LogP contribution is 2.58. The minimum absolute atomic E-state index is 0.589. The summed E-state index contributed by atoms with van der Waals surface area (Å²) in [5.41, 5.74) is 1.18. The highest BCUT2D eigenvalue weighted by Gasteiger charge is 2.59. The molecule has 0 radical (unpaired) electrons. The van der Waals surface area contributed by atoms with E-state index in [4.69, 9.17) is 0 Å². The predicted molar refractivity (Wildman–Crippen MR) is 90.0 cm³/mol. The fraction of sp³-hybridized carbons (Fsp3) is 0.300. The second-order valence-electron chi connectivity index (χ2n) is 6.49. The molecule has 2 aromatic rings. The van der Waals surface area contributed by atoms with E-state index in [9.17, 15) is 27.9 Å². The zero-order valence-electron chi connectivity index (χ0n) is 14.1. The van der Waals surface area contributed by atoms with Crippen molar-refractivity contribution in [1.29, 1.82) is 0 Å². The van der Waals surface area contributed by atoms with Crippen molar-refractivity contribution in [3.63, 3.8) is 0 Å². The number of benzene rings is 2. The molecule has 142 valence electrons. The lowest BCUT2D eigenvalue weighted by molar-refractivity contribution is -0.195. The third-order valence-electron chi connectivity index (χ3n) is 4.85. The summed E-state index contributed by atoms with van der Waals surface area (Å²) >= 11 is 0. The van der Waals surface area contributed by atoms with Crippen LogP contribution in [0.3, 0.4) is 0 Å². The van der Waals surface area contributed by atoms with E-state index in [0.717, 1.165) is 0 Å². The molecule has 1 aliphatic rings. The second-order valence-corrected chi connectivity index (χ2v) is 6.49. The van der Waals surface area contributed by atoms with E-state index in [-0.39, 0.29) is 0 Å². The van der Waals surface area contributed by atoms with Crippen molar-refractivity contribution < 1.29 is 32.6 Å². The quantitative estimate of drug-likeness (QED) is 0.799. The molecular formula is C20H17F3O4. The van der Waals surface area contributed by atoms with Gasteiger partial charge in [-0.1, -0.05) is 60.7 Å². The number of carbonyl (C=O) groups is 2. The topological polar surface area (TPSA) is 63.6 Å². The molecule has 4 nitrogen and oxygen atoms in total. The molecular weight excluding hydrogens is 361 g/mol. The number of alkyl halides is 3. The Bertz CT molecular complexity index is 757. The van der Waals surface area contributed by atoms with E-state index in [1.807, 2.05) is 0 Å². The van der Waals surface area contributed by atoms with Gasteiger partial charge < -0.3 is 9.84 Å². The van der Waals surface area contributed by atoms with Crippen molar-refractivity contribution in [1.82, 2.24) is 0 Å². The maximum atomic E-state index is 12.5. The lowest BCUT2D eigenvalue weighted by atomic mass is 9.52. The molecule has 0 bridgehead atoms. The summed E-state index contributed by atoms with van der Waals surface area (Å²) in [5, 5.41) is 9.72. The van der Waals surface area contributed by atoms with Crippen LogP contribution in [0.2, 0.25) is 0 Å². The van der Waals surface area contributed by atoms with Crippen molar-refractivity contribution in [2.75, 3.05) is 6.61 Å². The Labute approximate surface area is 153 Å². The van der Waals surface area contributed by atoms with Crippen molar-refractivity contribution >= 4 is 11.9 Å². The lowest BCUT2D eigenvalue weighted by Crippen LogP contribution is -2.51. The summed E-state index contributed by atoms with van der Waals surface area (Å²) in [6, 6.07) is 17.0. The molecule has 1 N–H and O–H groups in total. The van der Waals surface area contributed by atoms with Crippen LogP contribution in [0.25, 0.3) is 0 Å². The number of esters is 1. The molecule has 1 saturated carbocycles. The smallest absolute Gasteiger partial charge is 0.422 e. The van der Waals surface area contributed by atoms with Gasteiger partial charge in [-0.2, -0.15) is 13.2 Å². The number of halogens is 3. The molecule has 0 spiro atoms.